The van der Waals surface area contributed by atoms with Crippen molar-refractivity contribution in [3.63, 3.8) is 0 Å². The summed E-state index contributed by atoms with van der Waals surface area (Å²) in [7, 11) is 0. The van der Waals surface area contributed by atoms with Crippen LogP contribution in [0.5, 0.6) is 0 Å². The van der Waals surface area contributed by atoms with E-state index in [9.17, 15) is 22.8 Å². The molecule has 2 N–H and O–H groups in total. The standard InChI is InChI=1S/C21H17F3N4O2S/c1-12-19(29)28(15-3-5-16(6-4-15)31-21(22,23)24)20(30)27(12)11-13-8-9-26-18-10-14(25)2-7-17(13)18/h2-10,12H,11,25H2,1H3. The number of nitrogen functional groups attached to an aromatic ring is 1. The molecule has 1 saturated heterocycles. The summed E-state index contributed by atoms with van der Waals surface area (Å²) < 4.78 is 37.6. The van der Waals surface area contributed by atoms with Crippen LogP contribution in [0.2, 0.25) is 0 Å². The van der Waals surface area contributed by atoms with Gasteiger partial charge in [0.15, 0.2) is 0 Å². The summed E-state index contributed by atoms with van der Waals surface area (Å²) in [6.07, 6.45) is 1.61. The van der Waals surface area contributed by atoms with Gasteiger partial charge in [-0.15, -0.1) is 0 Å². The lowest BCUT2D eigenvalue weighted by molar-refractivity contribution is -0.119. The molecule has 2 heterocycles. The third-order valence-corrected chi connectivity index (χ3v) is 5.75. The minimum Gasteiger partial charge on any atom is -0.399 e. The Morgan fingerprint density at radius 2 is 1.81 bits per heavy atom. The quantitative estimate of drug-likeness (QED) is 0.354. The molecule has 1 aromatic heterocycles. The Labute approximate surface area is 179 Å². The number of carbonyl (C=O) groups excluding carboxylic acids is 2. The van der Waals surface area contributed by atoms with E-state index in [-0.39, 0.29) is 28.9 Å². The highest BCUT2D eigenvalue weighted by molar-refractivity contribution is 8.00. The molecule has 6 nitrogen and oxygen atoms in total. The molecule has 3 aromatic rings. The summed E-state index contributed by atoms with van der Waals surface area (Å²) in [6, 6.07) is 10.9. The normalized spacial score (nSPS) is 17.1. The molecule has 160 valence electrons. The van der Waals surface area contributed by atoms with Gasteiger partial charge in [0.1, 0.15) is 6.04 Å². The van der Waals surface area contributed by atoms with Gasteiger partial charge in [0.25, 0.3) is 5.91 Å². The van der Waals surface area contributed by atoms with E-state index in [0.29, 0.717) is 11.2 Å². The molecule has 3 amide bonds. The van der Waals surface area contributed by atoms with Crippen molar-refractivity contribution < 1.29 is 22.8 Å². The second-order valence-electron chi connectivity index (χ2n) is 7.05. The maximum atomic E-state index is 13.0. The van der Waals surface area contributed by atoms with Crippen LogP contribution in [0.15, 0.2) is 59.6 Å². The summed E-state index contributed by atoms with van der Waals surface area (Å²) in [5.41, 5.74) is 3.67. The molecule has 10 heteroatoms. The van der Waals surface area contributed by atoms with Crippen molar-refractivity contribution in [2.45, 2.75) is 29.9 Å². The molecule has 0 bridgehead atoms. The molecule has 0 spiro atoms. The van der Waals surface area contributed by atoms with E-state index in [2.05, 4.69) is 4.98 Å². The van der Waals surface area contributed by atoms with Crippen LogP contribution in [0, 0.1) is 0 Å². The summed E-state index contributed by atoms with van der Waals surface area (Å²) in [6.45, 7) is 1.79. The van der Waals surface area contributed by atoms with Gasteiger partial charge in [0.05, 0.1) is 11.2 Å². The number of aromatic nitrogens is 1. The number of alkyl halides is 3. The Bertz CT molecular complexity index is 1170. The third kappa shape index (κ3) is 4.15. The van der Waals surface area contributed by atoms with Crippen molar-refractivity contribution in [1.82, 2.24) is 9.88 Å². The number of hydrogen-bond donors (Lipinski definition) is 1. The molecule has 2 aromatic carbocycles. The van der Waals surface area contributed by atoms with Crippen LogP contribution in [-0.4, -0.2) is 33.4 Å². The minimum atomic E-state index is -4.41. The maximum Gasteiger partial charge on any atom is 0.446 e. The van der Waals surface area contributed by atoms with E-state index in [1.807, 2.05) is 6.07 Å². The fourth-order valence-electron chi connectivity index (χ4n) is 3.49. The molecule has 1 unspecified atom stereocenters. The number of imide groups is 1. The predicted octanol–water partition coefficient (Wildman–Crippen LogP) is 4.79. The summed E-state index contributed by atoms with van der Waals surface area (Å²) in [5, 5.41) is 0.816. The maximum absolute atomic E-state index is 13.0. The molecule has 1 fully saturated rings. The summed E-state index contributed by atoms with van der Waals surface area (Å²) >= 11 is -0.255. The molecular formula is C21H17F3N4O2S. The Kier molecular flexibility index (Phi) is 5.26. The van der Waals surface area contributed by atoms with Crippen LogP contribution in [-0.2, 0) is 11.3 Å². The first-order valence-electron chi connectivity index (χ1n) is 9.27. The minimum absolute atomic E-state index is 0.0252. The molecule has 4 rings (SSSR count). The monoisotopic (exact) mass is 446 g/mol. The van der Waals surface area contributed by atoms with Crippen molar-refractivity contribution in [1.29, 1.82) is 0 Å². The van der Waals surface area contributed by atoms with E-state index >= 15 is 0 Å². The zero-order chi connectivity index (χ0) is 22.3. The zero-order valence-corrected chi connectivity index (χ0v) is 17.1. The van der Waals surface area contributed by atoms with Crippen LogP contribution < -0.4 is 10.6 Å². The number of amides is 3. The number of halogens is 3. The van der Waals surface area contributed by atoms with Gasteiger partial charge in [-0.3, -0.25) is 9.78 Å². The molecule has 0 radical (unpaired) electrons. The number of nitrogens with two attached hydrogens (primary N) is 1. The van der Waals surface area contributed by atoms with E-state index in [1.54, 1.807) is 31.3 Å². The van der Waals surface area contributed by atoms with Crippen LogP contribution in [0.4, 0.5) is 29.3 Å². The predicted molar refractivity (Wildman–Crippen MR) is 112 cm³/mol. The van der Waals surface area contributed by atoms with E-state index in [1.165, 1.54) is 29.2 Å². The van der Waals surface area contributed by atoms with Gasteiger partial charge in [-0.1, -0.05) is 6.07 Å². The number of benzene rings is 2. The number of carbonyl (C=O) groups is 2. The molecular weight excluding hydrogens is 429 g/mol. The highest BCUT2D eigenvalue weighted by Gasteiger charge is 2.43. The molecule has 0 saturated carbocycles. The van der Waals surface area contributed by atoms with Crippen molar-refractivity contribution in [3.05, 3.63) is 60.3 Å². The molecule has 1 aliphatic rings. The fourth-order valence-corrected chi connectivity index (χ4v) is 4.03. The average molecular weight is 446 g/mol. The van der Waals surface area contributed by atoms with Crippen LogP contribution >= 0.6 is 11.8 Å². The number of rotatable bonds is 4. The van der Waals surface area contributed by atoms with Gasteiger partial charge >= 0.3 is 11.5 Å². The van der Waals surface area contributed by atoms with Gasteiger partial charge in [-0.25, -0.2) is 9.69 Å². The van der Waals surface area contributed by atoms with Gasteiger partial charge < -0.3 is 10.6 Å². The Balaban J connectivity index is 1.60. The first kappa shape index (κ1) is 21.0. The van der Waals surface area contributed by atoms with Crippen LogP contribution in [0.25, 0.3) is 10.9 Å². The SMILES string of the molecule is CC1C(=O)N(c2ccc(SC(F)(F)F)cc2)C(=O)N1Cc1ccnc2cc(N)ccc12. The summed E-state index contributed by atoms with van der Waals surface area (Å²) in [5.74, 6) is -0.441. The first-order valence-corrected chi connectivity index (χ1v) is 10.1. The lowest BCUT2D eigenvalue weighted by Gasteiger charge is -2.20. The van der Waals surface area contributed by atoms with Crippen LogP contribution in [0.1, 0.15) is 12.5 Å². The Morgan fingerprint density at radius 3 is 2.48 bits per heavy atom. The highest BCUT2D eigenvalue weighted by atomic mass is 32.2. The topological polar surface area (TPSA) is 79.5 Å². The van der Waals surface area contributed by atoms with Gasteiger partial charge in [0, 0.05) is 28.7 Å². The molecule has 1 aliphatic heterocycles. The number of fused-ring (bicyclic) bond motifs is 1. The van der Waals surface area contributed by atoms with Crippen molar-refractivity contribution in [2.24, 2.45) is 0 Å². The highest BCUT2D eigenvalue weighted by Crippen LogP contribution is 2.38. The zero-order valence-electron chi connectivity index (χ0n) is 16.3. The largest absolute Gasteiger partial charge is 0.446 e. The molecule has 0 aliphatic carbocycles. The van der Waals surface area contributed by atoms with Crippen molar-refractivity contribution in [2.75, 3.05) is 10.6 Å². The van der Waals surface area contributed by atoms with Gasteiger partial charge in [0.2, 0.25) is 0 Å². The number of pyridine rings is 1. The van der Waals surface area contributed by atoms with Crippen molar-refractivity contribution >= 4 is 46.0 Å². The Hall–Kier alpha value is -3.27. The molecule has 1 atom stereocenters. The molecule has 31 heavy (non-hydrogen) atoms. The van der Waals surface area contributed by atoms with Crippen LogP contribution in [0.3, 0.4) is 0 Å². The van der Waals surface area contributed by atoms with E-state index < -0.39 is 23.5 Å². The van der Waals surface area contributed by atoms with E-state index in [0.717, 1.165) is 15.8 Å². The lowest BCUT2D eigenvalue weighted by Crippen LogP contribution is -2.33. The van der Waals surface area contributed by atoms with Crippen molar-refractivity contribution in [3.8, 4) is 0 Å². The van der Waals surface area contributed by atoms with Gasteiger partial charge in [-0.05, 0) is 66.7 Å². The van der Waals surface area contributed by atoms with Gasteiger partial charge in [-0.2, -0.15) is 13.2 Å². The number of urea groups is 1. The van der Waals surface area contributed by atoms with E-state index in [4.69, 9.17) is 5.73 Å². The summed E-state index contributed by atoms with van der Waals surface area (Å²) in [4.78, 5) is 32.5. The third-order valence-electron chi connectivity index (χ3n) is 5.01. The lowest BCUT2D eigenvalue weighted by atomic mass is 10.1. The first-order chi connectivity index (χ1) is 14.6. The second kappa shape index (κ2) is 7.77. The number of anilines is 2. The number of nitrogens with zero attached hydrogens (tertiary/aromatic N) is 3. The fraction of sp³-hybridized carbons (Fsp3) is 0.190. The average Bonchev–Trinajstić information content (AvgIpc) is 2.91. The number of hydrogen-bond acceptors (Lipinski definition) is 5. The smallest absolute Gasteiger partial charge is 0.399 e. The Morgan fingerprint density at radius 1 is 1.10 bits per heavy atom. The number of thioether (sulfide) groups is 1. The second-order valence-corrected chi connectivity index (χ2v) is 8.19.